The topological polar surface area (TPSA) is 128 Å². The number of carbonyl (C=O) groups is 1. The van der Waals surface area contributed by atoms with E-state index < -0.39 is 15.7 Å². The Kier molecular flexibility index (Phi) is 6.47. The van der Waals surface area contributed by atoms with Gasteiger partial charge in [0.1, 0.15) is 11.5 Å². The van der Waals surface area contributed by atoms with Gasteiger partial charge in [-0.3, -0.25) is 10.0 Å². The van der Waals surface area contributed by atoms with Crippen molar-refractivity contribution in [3.05, 3.63) is 77.4 Å². The molecule has 0 saturated heterocycles. The number of carbonyl (C=O) groups excluding carboxylic acids is 1. The minimum Gasteiger partial charge on any atom is -0.497 e. The van der Waals surface area contributed by atoms with Gasteiger partial charge in [-0.05, 0) is 35.9 Å². The highest BCUT2D eigenvalue weighted by Gasteiger charge is 2.29. The summed E-state index contributed by atoms with van der Waals surface area (Å²) in [4.78, 5) is 12.1. The maximum Gasteiger partial charge on any atom is 0.275 e. The third-order valence-corrected chi connectivity index (χ3v) is 6.63. The predicted molar refractivity (Wildman–Crippen MR) is 114 cm³/mol. The lowest BCUT2D eigenvalue weighted by molar-refractivity contribution is 0.0705. The smallest absolute Gasteiger partial charge is 0.275 e. The zero-order chi connectivity index (χ0) is 22.6. The van der Waals surface area contributed by atoms with Crippen LogP contribution in [0.5, 0.6) is 11.5 Å². The molecule has 0 fully saturated rings. The first-order valence-corrected chi connectivity index (χ1v) is 10.7. The monoisotopic (exact) mass is 442 g/mol. The van der Waals surface area contributed by atoms with Crippen molar-refractivity contribution >= 4 is 21.4 Å². The lowest BCUT2D eigenvalue weighted by Gasteiger charge is -2.19. The molecule has 0 spiro atoms. The van der Waals surface area contributed by atoms with Gasteiger partial charge in [0.05, 0.1) is 35.3 Å². The number of methoxy groups -OCH3 is 2. The van der Waals surface area contributed by atoms with Gasteiger partial charge in [-0.15, -0.1) is 0 Å². The number of ether oxygens (including phenoxy) is 2. The van der Waals surface area contributed by atoms with Gasteiger partial charge >= 0.3 is 0 Å². The summed E-state index contributed by atoms with van der Waals surface area (Å²) in [6.07, 6.45) is 0.236. The molecule has 0 aliphatic heterocycles. The Morgan fingerprint density at radius 3 is 2.23 bits per heavy atom. The molecule has 3 aromatic carbocycles. The van der Waals surface area contributed by atoms with Crippen LogP contribution in [0.2, 0.25) is 0 Å². The third kappa shape index (κ3) is 4.32. The van der Waals surface area contributed by atoms with Crippen LogP contribution >= 0.6 is 0 Å². The summed E-state index contributed by atoms with van der Waals surface area (Å²) in [7, 11) is -1.30. The van der Waals surface area contributed by atoms with Gasteiger partial charge in [-0.1, -0.05) is 30.3 Å². The van der Waals surface area contributed by atoms with Crippen LogP contribution in [0.4, 0.5) is 5.69 Å². The molecule has 0 aromatic heterocycles. The van der Waals surface area contributed by atoms with Gasteiger partial charge in [-0.25, -0.2) is 13.9 Å². The molecule has 3 rings (SSSR count). The minimum atomic E-state index is -4.10. The number of amides is 1. The standard InChI is InChI=1S/C22H22N2O6S/c1-29-15-8-10-16(11-9-15)31(27,28)19-13-18(22(25)24-26)17(21(30-2)20(19)23)12-14-6-4-3-5-7-14/h3-11,13,26H,12,23H2,1-2H3,(H,24,25). The Balaban J connectivity index is 2.23. The quantitative estimate of drug-likeness (QED) is 0.292. The van der Waals surface area contributed by atoms with E-state index in [1.807, 2.05) is 30.3 Å². The van der Waals surface area contributed by atoms with E-state index in [2.05, 4.69) is 0 Å². The molecule has 9 heteroatoms. The van der Waals surface area contributed by atoms with E-state index in [9.17, 15) is 18.4 Å². The first kappa shape index (κ1) is 22.1. The zero-order valence-corrected chi connectivity index (χ0v) is 17.8. The highest BCUT2D eigenvalue weighted by Crippen LogP contribution is 2.39. The molecular weight excluding hydrogens is 420 g/mol. The molecule has 0 atom stereocenters. The largest absolute Gasteiger partial charge is 0.497 e. The van der Waals surface area contributed by atoms with Crippen LogP contribution in [-0.2, 0) is 16.3 Å². The first-order valence-electron chi connectivity index (χ1n) is 9.20. The summed E-state index contributed by atoms with van der Waals surface area (Å²) >= 11 is 0. The number of benzene rings is 3. The molecule has 8 nitrogen and oxygen atoms in total. The molecule has 0 saturated carbocycles. The summed E-state index contributed by atoms with van der Waals surface area (Å²) in [5, 5.41) is 9.25. The van der Waals surface area contributed by atoms with Crippen LogP contribution in [0.25, 0.3) is 0 Å². The summed E-state index contributed by atoms with van der Waals surface area (Å²) in [5.41, 5.74) is 8.79. The lowest BCUT2D eigenvalue weighted by Crippen LogP contribution is -2.22. The average Bonchev–Trinajstić information content (AvgIpc) is 2.79. The van der Waals surface area contributed by atoms with E-state index in [4.69, 9.17) is 15.2 Å². The Morgan fingerprint density at radius 2 is 1.68 bits per heavy atom. The van der Waals surface area contributed by atoms with Gasteiger partial charge in [0.25, 0.3) is 5.91 Å². The van der Waals surface area contributed by atoms with E-state index in [0.717, 1.165) is 11.6 Å². The average molecular weight is 442 g/mol. The fourth-order valence-electron chi connectivity index (χ4n) is 3.27. The molecule has 0 heterocycles. The van der Waals surface area contributed by atoms with Crippen LogP contribution in [0, 0.1) is 0 Å². The van der Waals surface area contributed by atoms with Crippen molar-refractivity contribution in [3.8, 4) is 11.5 Å². The van der Waals surface area contributed by atoms with E-state index in [0.29, 0.717) is 11.3 Å². The first-order chi connectivity index (χ1) is 14.8. The van der Waals surface area contributed by atoms with Crippen molar-refractivity contribution in [3.63, 3.8) is 0 Å². The van der Waals surface area contributed by atoms with Crippen molar-refractivity contribution in [1.29, 1.82) is 0 Å². The van der Waals surface area contributed by atoms with Crippen molar-refractivity contribution in [2.24, 2.45) is 0 Å². The Hall–Kier alpha value is -3.56. The Labute approximate surface area is 180 Å². The molecular formula is C22H22N2O6S. The van der Waals surface area contributed by atoms with Crippen molar-refractivity contribution in [1.82, 2.24) is 5.48 Å². The number of nitrogens with two attached hydrogens (primary N) is 1. The normalized spacial score (nSPS) is 11.1. The number of hydrogen-bond donors (Lipinski definition) is 3. The molecule has 0 radical (unpaired) electrons. The Bertz CT molecular complexity index is 1190. The van der Waals surface area contributed by atoms with Crippen molar-refractivity contribution in [2.45, 2.75) is 16.2 Å². The lowest BCUT2D eigenvalue weighted by atomic mass is 9.97. The van der Waals surface area contributed by atoms with E-state index in [-0.39, 0.29) is 33.2 Å². The zero-order valence-electron chi connectivity index (χ0n) is 17.0. The third-order valence-electron chi connectivity index (χ3n) is 4.82. The summed E-state index contributed by atoms with van der Waals surface area (Å²) in [5.74, 6) is -0.337. The highest BCUT2D eigenvalue weighted by atomic mass is 32.2. The van der Waals surface area contributed by atoms with Gasteiger partial charge in [0.2, 0.25) is 9.84 Å². The van der Waals surface area contributed by atoms with Gasteiger partial charge in [-0.2, -0.15) is 0 Å². The second-order valence-electron chi connectivity index (χ2n) is 6.63. The maximum atomic E-state index is 13.3. The number of anilines is 1. The minimum absolute atomic E-state index is 0.0341. The summed E-state index contributed by atoms with van der Waals surface area (Å²) in [6.45, 7) is 0. The number of rotatable bonds is 7. The fourth-order valence-corrected chi connectivity index (χ4v) is 4.67. The molecule has 0 unspecified atom stereocenters. The SMILES string of the molecule is COc1ccc(S(=O)(=O)c2cc(C(=O)NO)c(Cc3ccccc3)c(OC)c2N)cc1. The summed E-state index contributed by atoms with van der Waals surface area (Å²) < 4.78 is 37.1. The van der Waals surface area contributed by atoms with Crippen LogP contribution in [0.1, 0.15) is 21.5 Å². The summed E-state index contributed by atoms with van der Waals surface area (Å²) in [6, 6.07) is 16.1. The maximum absolute atomic E-state index is 13.3. The molecule has 0 aliphatic carbocycles. The molecule has 1 amide bonds. The van der Waals surface area contributed by atoms with E-state index >= 15 is 0 Å². The van der Waals surface area contributed by atoms with Gasteiger partial charge < -0.3 is 15.2 Å². The molecule has 0 aliphatic rings. The molecule has 4 N–H and O–H groups in total. The number of nitrogens with one attached hydrogen (secondary N) is 1. The van der Waals surface area contributed by atoms with Crippen molar-refractivity contribution in [2.75, 3.05) is 20.0 Å². The van der Waals surface area contributed by atoms with Crippen LogP contribution in [0.15, 0.2) is 70.5 Å². The highest BCUT2D eigenvalue weighted by molar-refractivity contribution is 7.91. The number of nitrogen functional groups attached to an aromatic ring is 1. The van der Waals surface area contributed by atoms with Crippen molar-refractivity contribution < 1.29 is 27.9 Å². The second kappa shape index (κ2) is 9.07. The predicted octanol–water partition coefficient (Wildman–Crippen LogP) is 2.83. The number of hydroxylamine groups is 1. The Morgan fingerprint density at radius 1 is 1.03 bits per heavy atom. The molecule has 3 aromatic rings. The van der Waals surface area contributed by atoms with E-state index in [1.54, 1.807) is 5.48 Å². The fraction of sp³-hybridized carbons (Fsp3) is 0.136. The van der Waals surface area contributed by atoms with E-state index in [1.165, 1.54) is 38.5 Å². The molecule has 0 bridgehead atoms. The van der Waals surface area contributed by atoms with Gasteiger partial charge in [0.15, 0.2) is 0 Å². The number of sulfone groups is 1. The second-order valence-corrected chi connectivity index (χ2v) is 8.55. The van der Waals surface area contributed by atoms with Crippen LogP contribution in [0.3, 0.4) is 0 Å². The van der Waals surface area contributed by atoms with Crippen LogP contribution in [-0.4, -0.2) is 33.8 Å². The number of hydrogen-bond acceptors (Lipinski definition) is 7. The molecule has 162 valence electrons. The van der Waals surface area contributed by atoms with Gasteiger partial charge in [0, 0.05) is 12.0 Å². The van der Waals surface area contributed by atoms with Crippen LogP contribution < -0.4 is 20.7 Å². The molecule has 31 heavy (non-hydrogen) atoms.